The molecule has 0 radical (unpaired) electrons. The first-order valence-electron chi connectivity index (χ1n) is 7.12. The highest BCUT2D eigenvalue weighted by Crippen LogP contribution is 2.38. The standard InChI is InChI=1S/C17H14F3NO2/c1-10-16(19)12(7-13(18)17(10)20)14-8-15(22)21(14)23-9-11-5-3-2-4-6-11/h2-7,14H,8-9H2,1H3/t14-/m1/s1. The number of β-lactam (4-membered cyclic amide) rings is 1. The summed E-state index contributed by atoms with van der Waals surface area (Å²) in [5.41, 5.74) is 0.365. The number of hydrogen-bond acceptors (Lipinski definition) is 2. The summed E-state index contributed by atoms with van der Waals surface area (Å²) in [6.45, 7) is 1.29. The van der Waals surface area contributed by atoms with Crippen molar-refractivity contribution in [1.29, 1.82) is 0 Å². The van der Waals surface area contributed by atoms with Crippen LogP contribution in [0.4, 0.5) is 13.2 Å². The Bertz CT molecular complexity index is 749. The smallest absolute Gasteiger partial charge is 0.249 e. The van der Waals surface area contributed by atoms with Crippen LogP contribution in [0.1, 0.15) is 29.2 Å². The number of amides is 1. The van der Waals surface area contributed by atoms with Gasteiger partial charge in [0.15, 0.2) is 11.6 Å². The summed E-state index contributed by atoms with van der Waals surface area (Å²) in [5.74, 6) is -3.53. The number of rotatable bonds is 4. The van der Waals surface area contributed by atoms with Crippen LogP contribution in [0, 0.1) is 24.4 Å². The van der Waals surface area contributed by atoms with E-state index in [4.69, 9.17) is 4.84 Å². The van der Waals surface area contributed by atoms with Crippen molar-refractivity contribution in [2.75, 3.05) is 0 Å². The number of benzene rings is 2. The van der Waals surface area contributed by atoms with Gasteiger partial charge in [-0.25, -0.2) is 18.2 Å². The number of carbonyl (C=O) groups is 1. The molecular formula is C17H14F3NO2. The summed E-state index contributed by atoms with van der Waals surface area (Å²) in [5, 5.41) is 1.02. The Kier molecular flexibility index (Phi) is 4.09. The van der Waals surface area contributed by atoms with E-state index in [1.807, 2.05) is 30.3 Å². The van der Waals surface area contributed by atoms with Crippen LogP contribution in [-0.4, -0.2) is 11.0 Å². The van der Waals surface area contributed by atoms with Crippen molar-refractivity contribution in [3.63, 3.8) is 0 Å². The van der Waals surface area contributed by atoms with E-state index in [0.717, 1.165) is 23.6 Å². The molecule has 6 heteroatoms. The van der Waals surface area contributed by atoms with E-state index in [1.54, 1.807) is 0 Å². The van der Waals surface area contributed by atoms with E-state index in [-0.39, 0.29) is 24.5 Å². The summed E-state index contributed by atoms with van der Waals surface area (Å²) in [6, 6.07) is 9.18. The van der Waals surface area contributed by atoms with Crippen LogP contribution in [0.25, 0.3) is 0 Å². The molecule has 0 spiro atoms. The van der Waals surface area contributed by atoms with Crippen molar-refractivity contribution < 1.29 is 22.8 Å². The average molecular weight is 321 g/mol. The molecule has 0 bridgehead atoms. The topological polar surface area (TPSA) is 29.5 Å². The van der Waals surface area contributed by atoms with E-state index in [0.29, 0.717) is 0 Å². The first-order valence-corrected chi connectivity index (χ1v) is 7.12. The molecule has 120 valence electrons. The maximum atomic E-state index is 14.2. The SMILES string of the molecule is Cc1c(F)c(F)cc([C@H]2CC(=O)N2OCc2ccccc2)c1F. The van der Waals surface area contributed by atoms with Crippen LogP contribution < -0.4 is 0 Å². The van der Waals surface area contributed by atoms with E-state index < -0.39 is 29.1 Å². The number of halogens is 3. The van der Waals surface area contributed by atoms with Crippen LogP contribution >= 0.6 is 0 Å². The molecule has 2 aromatic carbocycles. The number of hydroxylamine groups is 2. The van der Waals surface area contributed by atoms with E-state index in [2.05, 4.69) is 0 Å². The van der Waals surface area contributed by atoms with Crippen molar-refractivity contribution in [3.05, 3.63) is 70.5 Å². The molecule has 1 aliphatic heterocycles. The molecule has 1 aliphatic rings. The molecule has 3 nitrogen and oxygen atoms in total. The van der Waals surface area contributed by atoms with Gasteiger partial charge < -0.3 is 0 Å². The third-order valence-corrected chi connectivity index (χ3v) is 3.87. The van der Waals surface area contributed by atoms with Gasteiger partial charge >= 0.3 is 0 Å². The molecule has 1 atom stereocenters. The molecular weight excluding hydrogens is 307 g/mol. The van der Waals surface area contributed by atoms with Gasteiger partial charge in [0.1, 0.15) is 12.4 Å². The summed E-state index contributed by atoms with van der Waals surface area (Å²) < 4.78 is 41.1. The lowest BCUT2D eigenvalue weighted by Crippen LogP contribution is -2.46. The number of hydrogen-bond donors (Lipinski definition) is 0. The maximum absolute atomic E-state index is 14.2. The average Bonchev–Trinajstić information content (AvgIpc) is 2.55. The van der Waals surface area contributed by atoms with Gasteiger partial charge in [-0.2, -0.15) is 0 Å². The Morgan fingerprint density at radius 1 is 1.17 bits per heavy atom. The Morgan fingerprint density at radius 3 is 2.52 bits per heavy atom. The second-order valence-electron chi connectivity index (χ2n) is 5.40. The monoisotopic (exact) mass is 321 g/mol. The lowest BCUT2D eigenvalue weighted by molar-refractivity contribution is -0.235. The normalized spacial score (nSPS) is 17.3. The van der Waals surface area contributed by atoms with Gasteiger partial charge in [0.25, 0.3) is 0 Å². The van der Waals surface area contributed by atoms with Crippen LogP contribution in [0.2, 0.25) is 0 Å². The van der Waals surface area contributed by atoms with Crippen molar-refractivity contribution in [1.82, 2.24) is 5.06 Å². The first-order chi connectivity index (χ1) is 11.0. The highest BCUT2D eigenvalue weighted by atomic mass is 19.2. The van der Waals surface area contributed by atoms with Crippen LogP contribution in [0.5, 0.6) is 0 Å². The zero-order chi connectivity index (χ0) is 16.6. The van der Waals surface area contributed by atoms with Crippen LogP contribution in [-0.2, 0) is 16.2 Å². The van der Waals surface area contributed by atoms with Gasteiger partial charge in [-0.05, 0) is 18.6 Å². The molecule has 0 saturated carbocycles. The summed E-state index contributed by atoms with van der Waals surface area (Å²) in [6.07, 6.45) is -0.00375. The Balaban J connectivity index is 1.80. The van der Waals surface area contributed by atoms with Crippen LogP contribution in [0.3, 0.4) is 0 Å². The van der Waals surface area contributed by atoms with E-state index in [1.165, 1.54) is 0 Å². The Morgan fingerprint density at radius 2 is 1.87 bits per heavy atom. The highest BCUT2D eigenvalue weighted by Gasteiger charge is 2.41. The lowest BCUT2D eigenvalue weighted by Gasteiger charge is -2.39. The fourth-order valence-electron chi connectivity index (χ4n) is 2.51. The molecule has 0 aromatic heterocycles. The van der Waals surface area contributed by atoms with Gasteiger partial charge in [-0.1, -0.05) is 30.3 Å². The van der Waals surface area contributed by atoms with Gasteiger partial charge in [-0.3, -0.25) is 9.63 Å². The van der Waals surface area contributed by atoms with Gasteiger partial charge in [0.05, 0.1) is 12.5 Å². The Labute approximate surface area is 131 Å². The molecule has 1 saturated heterocycles. The van der Waals surface area contributed by atoms with Gasteiger partial charge in [0.2, 0.25) is 5.91 Å². The van der Waals surface area contributed by atoms with Gasteiger partial charge in [-0.15, -0.1) is 0 Å². The summed E-state index contributed by atoms with van der Waals surface area (Å²) >= 11 is 0. The molecule has 3 rings (SSSR count). The predicted octanol–water partition coefficient (Wildman–Crippen LogP) is 3.82. The largest absolute Gasteiger partial charge is 0.272 e. The fraction of sp³-hybridized carbons (Fsp3) is 0.235. The minimum Gasteiger partial charge on any atom is -0.272 e. The molecule has 2 aromatic rings. The van der Waals surface area contributed by atoms with Crippen LogP contribution in [0.15, 0.2) is 36.4 Å². The molecule has 0 aliphatic carbocycles. The second-order valence-corrected chi connectivity index (χ2v) is 5.40. The maximum Gasteiger partial charge on any atom is 0.249 e. The summed E-state index contributed by atoms with van der Waals surface area (Å²) in [7, 11) is 0. The zero-order valence-corrected chi connectivity index (χ0v) is 12.4. The van der Waals surface area contributed by atoms with Crippen molar-refractivity contribution in [2.45, 2.75) is 26.0 Å². The molecule has 23 heavy (non-hydrogen) atoms. The Hall–Kier alpha value is -2.34. The minimum atomic E-state index is -1.21. The molecule has 1 heterocycles. The minimum absolute atomic E-state index is 0.00375. The lowest BCUT2D eigenvalue weighted by atomic mass is 9.94. The number of carbonyl (C=O) groups excluding carboxylic acids is 1. The third-order valence-electron chi connectivity index (χ3n) is 3.87. The van der Waals surface area contributed by atoms with Gasteiger partial charge in [0, 0.05) is 11.1 Å². The first kappa shape index (κ1) is 15.6. The fourth-order valence-corrected chi connectivity index (χ4v) is 2.51. The van der Waals surface area contributed by atoms with Crippen molar-refractivity contribution >= 4 is 5.91 Å². The predicted molar refractivity (Wildman–Crippen MR) is 76.5 cm³/mol. The molecule has 1 amide bonds. The summed E-state index contributed by atoms with van der Waals surface area (Å²) in [4.78, 5) is 17.1. The van der Waals surface area contributed by atoms with Crippen molar-refractivity contribution in [2.24, 2.45) is 0 Å². The molecule has 0 N–H and O–H groups in total. The zero-order valence-electron chi connectivity index (χ0n) is 12.4. The molecule has 0 unspecified atom stereocenters. The second kappa shape index (κ2) is 6.04. The quantitative estimate of drug-likeness (QED) is 0.633. The highest BCUT2D eigenvalue weighted by molar-refractivity contribution is 5.82. The number of nitrogens with zero attached hydrogens (tertiary/aromatic N) is 1. The molecule has 1 fully saturated rings. The van der Waals surface area contributed by atoms with E-state index >= 15 is 0 Å². The van der Waals surface area contributed by atoms with E-state index in [9.17, 15) is 18.0 Å². The van der Waals surface area contributed by atoms with Crippen molar-refractivity contribution in [3.8, 4) is 0 Å². The third kappa shape index (κ3) is 2.82.